The van der Waals surface area contributed by atoms with Gasteiger partial charge in [-0.15, -0.1) is 0 Å². The highest BCUT2D eigenvalue weighted by molar-refractivity contribution is 5.94. The molecule has 0 heterocycles. The van der Waals surface area contributed by atoms with Crippen LogP contribution in [-0.2, 0) is 30.4 Å². The van der Waals surface area contributed by atoms with Gasteiger partial charge in [0.15, 0.2) is 0 Å². The molecule has 0 spiro atoms. The van der Waals surface area contributed by atoms with Crippen molar-refractivity contribution >= 4 is 29.6 Å². The fourth-order valence-electron chi connectivity index (χ4n) is 3.14. The standard InChI is InChI=1S/C23H35N5O6/c1-13(2)11-18(23(33)34)28-22(32)17(12-15-7-5-4-6-8-15)27-20(30)14(3)26-21(31)16(24)9-10-19(25)29/h4-8,13-14,16-18H,9-12,24H2,1-3H3,(H2,25,29)(H,26,31)(H,27,30)(H,28,32)(H,33,34). The van der Waals surface area contributed by atoms with Crippen LogP contribution in [0.25, 0.3) is 0 Å². The second-order valence-corrected chi connectivity index (χ2v) is 8.62. The van der Waals surface area contributed by atoms with E-state index in [1.165, 1.54) is 6.92 Å². The molecule has 0 saturated carbocycles. The van der Waals surface area contributed by atoms with E-state index in [-0.39, 0.29) is 31.6 Å². The second kappa shape index (κ2) is 13.9. The molecule has 1 aromatic carbocycles. The predicted octanol–water partition coefficient (Wildman–Crippen LogP) is -0.573. The Hall–Kier alpha value is -3.47. The van der Waals surface area contributed by atoms with Crippen LogP contribution in [0.3, 0.4) is 0 Å². The zero-order valence-electron chi connectivity index (χ0n) is 19.7. The Morgan fingerprint density at radius 2 is 1.47 bits per heavy atom. The molecule has 34 heavy (non-hydrogen) atoms. The van der Waals surface area contributed by atoms with Crippen LogP contribution in [0.1, 0.15) is 45.6 Å². The van der Waals surface area contributed by atoms with E-state index < -0.39 is 53.8 Å². The number of primary amides is 1. The zero-order valence-corrected chi connectivity index (χ0v) is 19.7. The van der Waals surface area contributed by atoms with Gasteiger partial charge in [0.2, 0.25) is 23.6 Å². The van der Waals surface area contributed by atoms with Gasteiger partial charge in [-0.1, -0.05) is 44.2 Å². The number of benzene rings is 1. The molecular weight excluding hydrogens is 442 g/mol. The number of aliphatic carboxylic acids is 1. The van der Waals surface area contributed by atoms with Crippen LogP contribution in [0.4, 0.5) is 0 Å². The maximum absolute atomic E-state index is 12.9. The molecule has 4 amide bonds. The second-order valence-electron chi connectivity index (χ2n) is 8.62. The molecule has 0 radical (unpaired) electrons. The van der Waals surface area contributed by atoms with E-state index in [1.807, 2.05) is 13.8 Å². The Morgan fingerprint density at radius 3 is 2.00 bits per heavy atom. The number of nitrogens with one attached hydrogen (secondary N) is 3. The summed E-state index contributed by atoms with van der Waals surface area (Å²) in [5, 5.41) is 17.0. The average molecular weight is 478 g/mol. The highest BCUT2D eigenvalue weighted by Crippen LogP contribution is 2.08. The van der Waals surface area contributed by atoms with E-state index in [0.717, 1.165) is 5.56 Å². The van der Waals surface area contributed by atoms with Gasteiger partial charge >= 0.3 is 5.97 Å². The number of nitrogens with two attached hydrogens (primary N) is 2. The molecule has 11 nitrogen and oxygen atoms in total. The lowest BCUT2D eigenvalue weighted by Crippen LogP contribution is -2.57. The van der Waals surface area contributed by atoms with Crippen LogP contribution in [0, 0.1) is 5.92 Å². The SMILES string of the molecule is CC(C)CC(NC(=O)C(Cc1ccccc1)NC(=O)C(C)NC(=O)C(N)CCC(N)=O)C(=O)O. The van der Waals surface area contributed by atoms with Crippen LogP contribution in [0.5, 0.6) is 0 Å². The van der Waals surface area contributed by atoms with E-state index in [0.29, 0.717) is 0 Å². The first-order valence-electron chi connectivity index (χ1n) is 11.1. The number of carboxylic acid groups (broad SMARTS) is 1. The Morgan fingerprint density at radius 1 is 0.882 bits per heavy atom. The Kier molecular flexibility index (Phi) is 11.7. The molecule has 0 aliphatic rings. The van der Waals surface area contributed by atoms with Crippen molar-refractivity contribution in [3.05, 3.63) is 35.9 Å². The number of carbonyl (C=O) groups excluding carboxylic acids is 4. The largest absolute Gasteiger partial charge is 0.480 e. The van der Waals surface area contributed by atoms with Crippen molar-refractivity contribution in [3.63, 3.8) is 0 Å². The summed E-state index contributed by atoms with van der Waals surface area (Å²) in [7, 11) is 0. The van der Waals surface area contributed by atoms with Gasteiger partial charge in [0.25, 0.3) is 0 Å². The minimum Gasteiger partial charge on any atom is -0.480 e. The van der Waals surface area contributed by atoms with Crippen LogP contribution < -0.4 is 27.4 Å². The summed E-state index contributed by atoms with van der Waals surface area (Å²) >= 11 is 0. The third-order valence-electron chi connectivity index (χ3n) is 5.03. The molecule has 0 fully saturated rings. The van der Waals surface area contributed by atoms with E-state index in [9.17, 15) is 29.1 Å². The smallest absolute Gasteiger partial charge is 0.326 e. The van der Waals surface area contributed by atoms with Gasteiger partial charge in [-0.25, -0.2) is 4.79 Å². The quantitative estimate of drug-likeness (QED) is 0.206. The van der Waals surface area contributed by atoms with Gasteiger partial charge in [0, 0.05) is 12.8 Å². The molecule has 0 bridgehead atoms. The Labute approximate surface area is 199 Å². The first-order chi connectivity index (χ1) is 15.9. The third-order valence-corrected chi connectivity index (χ3v) is 5.03. The molecule has 0 aliphatic carbocycles. The van der Waals surface area contributed by atoms with E-state index >= 15 is 0 Å². The van der Waals surface area contributed by atoms with Gasteiger partial charge in [0.1, 0.15) is 18.1 Å². The van der Waals surface area contributed by atoms with Crippen molar-refractivity contribution in [2.45, 2.75) is 70.6 Å². The normalized spacial score (nSPS) is 14.4. The number of amides is 4. The topological polar surface area (TPSA) is 194 Å². The molecule has 0 aliphatic heterocycles. The fourth-order valence-corrected chi connectivity index (χ4v) is 3.14. The van der Waals surface area contributed by atoms with Crippen molar-refractivity contribution in [3.8, 4) is 0 Å². The highest BCUT2D eigenvalue weighted by atomic mass is 16.4. The first-order valence-corrected chi connectivity index (χ1v) is 11.1. The van der Waals surface area contributed by atoms with Crippen LogP contribution in [-0.4, -0.2) is 58.9 Å². The highest BCUT2D eigenvalue weighted by Gasteiger charge is 2.29. The molecule has 0 saturated heterocycles. The van der Waals surface area contributed by atoms with Crippen molar-refractivity contribution in [2.24, 2.45) is 17.4 Å². The number of carboxylic acids is 1. The number of rotatable bonds is 14. The molecule has 4 unspecified atom stereocenters. The van der Waals surface area contributed by atoms with Crippen molar-refractivity contribution < 1.29 is 29.1 Å². The molecular formula is C23H35N5O6. The zero-order chi connectivity index (χ0) is 25.8. The predicted molar refractivity (Wildman–Crippen MR) is 125 cm³/mol. The number of carbonyl (C=O) groups is 5. The minimum absolute atomic E-state index is 0.0255. The molecule has 8 N–H and O–H groups in total. The summed E-state index contributed by atoms with van der Waals surface area (Å²) in [6.45, 7) is 5.10. The minimum atomic E-state index is -1.17. The van der Waals surface area contributed by atoms with Crippen molar-refractivity contribution in [1.82, 2.24) is 16.0 Å². The lowest BCUT2D eigenvalue weighted by Gasteiger charge is -2.24. The summed E-state index contributed by atoms with van der Waals surface area (Å²) in [5.74, 6) is -3.68. The number of hydrogen-bond donors (Lipinski definition) is 6. The van der Waals surface area contributed by atoms with Crippen LogP contribution in [0.15, 0.2) is 30.3 Å². The first kappa shape index (κ1) is 28.6. The summed E-state index contributed by atoms with van der Waals surface area (Å²) in [6, 6.07) is 4.66. The maximum atomic E-state index is 12.9. The lowest BCUT2D eigenvalue weighted by molar-refractivity contribution is -0.142. The van der Waals surface area contributed by atoms with Crippen LogP contribution in [0.2, 0.25) is 0 Å². The van der Waals surface area contributed by atoms with Gasteiger partial charge in [-0.05, 0) is 31.2 Å². The van der Waals surface area contributed by atoms with Gasteiger partial charge in [-0.2, -0.15) is 0 Å². The van der Waals surface area contributed by atoms with Gasteiger partial charge in [-0.3, -0.25) is 19.2 Å². The Bertz CT molecular complexity index is 861. The number of hydrogen-bond acceptors (Lipinski definition) is 6. The monoisotopic (exact) mass is 477 g/mol. The van der Waals surface area contributed by atoms with Gasteiger partial charge in [0.05, 0.1) is 6.04 Å². The fraction of sp³-hybridized carbons (Fsp3) is 0.522. The molecule has 11 heteroatoms. The third kappa shape index (κ3) is 10.4. The summed E-state index contributed by atoms with van der Waals surface area (Å²) < 4.78 is 0. The molecule has 4 atom stereocenters. The molecule has 188 valence electrons. The summed E-state index contributed by atoms with van der Waals surface area (Å²) in [5.41, 5.74) is 11.5. The Balaban J connectivity index is 2.90. The summed E-state index contributed by atoms with van der Waals surface area (Å²) in [4.78, 5) is 60.3. The lowest BCUT2D eigenvalue weighted by atomic mass is 10.0. The van der Waals surface area contributed by atoms with E-state index in [1.54, 1.807) is 30.3 Å². The maximum Gasteiger partial charge on any atom is 0.326 e. The van der Waals surface area contributed by atoms with E-state index in [4.69, 9.17) is 11.5 Å². The molecule has 0 aromatic heterocycles. The van der Waals surface area contributed by atoms with Gasteiger partial charge < -0.3 is 32.5 Å². The van der Waals surface area contributed by atoms with Crippen molar-refractivity contribution in [2.75, 3.05) is 0 Å². The summed E-state index contributed by atoms with van der Waals surface area (Å²) in [6.07, 6.45) is 0.296. The average Bonchev–Trinajstić information content (AvgIpc) is 2.76. The van der Waals surface area contributed by atoms with Crippen LogP contribution >= 0.6 is 0 Å². The molecule has 1 aromatic rings. The van der Waals surface area contributed by atoms with E-state index in [2.05, 4.69) is 16.0 Å². The molecule has 1 rings (SSSR count). The van der Waals surface area contributed by atoms with Crippen molar-refractivity contribution in [1.29, 1.82) is 0 Å².